The van der Waals surface area contributed by atoms with E-state index >= 15 is 0 Å². The van der Waals surface area contributed by atoms with Crippen molar-refractivity contribution in [2.24, 2.45) is 0 Å². The summed E-state index contributed by atoms with van der Waals surface area (Å²) in [5.41, 5.74) is 5.85. The maximum atomic E-state index is 10.3. The maximum Gasteiger partial charge on any atom is 0.124 e. The molecular formula is C31H38N2OSi. The molecule has 0 N–H and O–H groups in total. The van der Waals surface area contributed by atoms with Gasteiger partial charge in [-0.05, 0) is 29.5 Å². The van der Waals surface area contributed by atoms with Gasteiger partial charge in [0.1, 0.15) is 6.04 Å². The fraction of sp³-hybridized carbons (Fsp3) is 0.323. The number of benzene rings is 3. The monoisotopic (exact) mass is 482 g/mol. The van der Waals surface area contributed by atoms with Crippen LogP contribution >= 0.6 is 0 Å². The molecule has 0 bridgehead atoms. The van der Waals surface area contributed by atoms with Gasteiger partial charge >= 0.3 is 0 Å². The van der Waals surface area contributed by atoms with Crippen LogP contribution in [0.5, 0.6) is 0 Å². The van der Waals surface area contributed by atoms with Gasteiger partial charge < -0.3 is 4.74 Å². The molecule has 3 aromatic carbocycles. The molecule has 0 spiro atoms. The molecule has 3 rings (SSSR count). The number of hydrogen-bond acceptors (Lipinski definition) is 3. The normalized spacial score (nSPS) is 13.6. The van der Waals surface area contributed by atoms with Crippen LogP contribution in [0.25, 0.3) is 0 Å². The number of nitrogens with zero attached hydrogens (tertiary/aromatic N) is 2. The van der Waals surface area contributed by atoms with E-state index in [0.717, 1.165) is 24.9 Å². The van der Waals surface area contributed by atoms with Crippen molar-refractivity contribution in [1.82, 2.24) is 4.90 Å². The molecular weight excluding hydrogens is 444 g/mol. The van der Waals surface area contributed by atoms with Gasteiger partial charge in [-0.2, -0.15) is 5.26 Å². The molecule has 0 amide bonds. The van der Waals surface area contributed by atoms with Crippen molar-refractivity contribution in [3.8, 4) is 6.07 Å². The second kappa shape index (κ2) is 13.8. The van der Waals surface area contributed by atoms with Crippen molar-refractivity contribution in [1.29, 1.82) is 5.26 Å². The fourth-order valence-corrected chi connectivity index (χ4v) is 5.03. The molecule has 0 heterocycles. The lowest BCUT2D eigenvalue weighted by molar-refractivity contribution is 0.0758. The van der Waals surface area contributed by atoms with Crippen molar-refractivity contribution >= 4 is 8.07 Å². The molecule has 2 unspecified atom stereocenters. The van der Waals surface area contributed by atoms with Crippen LogP contribution in [0.15, 0.2) is 103 Å². The molecule has 3 aromatic rings. The third kappa shape index (κ3) is 9.30. The van der Waals surface area contributed by atoms with E-state index in [1.54, 1.807) is 0 Å². The molecule has 0 saturated carbocycles. The predicted molar refractivity (Wildman–Crippen MR) is 148 cm³/mol. The zero-order valence-corrected chi connectivity index (χ0v) is 22.3. The summed E-state index contributed by atoms with van der Waals surface area (Å²) < 4.78 is 6.09. The minimum absolute atomic E-state index is 0.184. The van der Waals surface area contributed by atoms with E-state index in [9.17, 15) is 5.26 Å². The second-order valence-electron chi connectivity index (χ2n) is 10.1. The Kier molecular flexibility index (Phi) is 10.5. The minimum Gasteiger partial charge on any atom is -0.377 e. The number of hydrogen-bond donors (Lipinski definition) is 0. The summed E-state index contributed by atoms with van der Waals surface area (Å²) in [6, 6.07) is 33.4. The zero-order valence-electron chi connectivity index (χ0n) is 21.3. The van der Waals surface area contributed by atoms with Crippen LogP contribution in [0.3, 0.4) is 0 Å². The van der Waals surface area contributed by atoms with Crippen LogP contribution in [-0.4, -0.2) is 25.6 Å². The van der Waals surface area contributed by atoms with Crippen LogP contribution in [0.4, 0.5) is 0 Å². The first kappa shape index (κ1) is 26.6. The highest BCUT2D eigenvalue weighted by Gasteiger charge is 2.27. The quantitative estimate of drug-likeness (QED) is 0.186. The highest BCUT2D eigenvalue weighted by molar-refractivity contribution is 6.80. The molecule has 0 saturated heterocycles. The standard InChI is InChI=1S/C31H38N2OSi/c1-35(2,3)23-13-20-30(21-22-34-26-28-16-9-5-10-17-28)33(25-27-14-7-4-8-15-27)31(24-32)29-18-11-6-12-19-29/h4-19,23,30-31H,20-22,25-26H2,1-3H3/b23-13-. The molecule has 0 aromatic heterocycles. The molecule has 0 aliphatic carbocycles. The van der Waals surface area contributed by atoms with Crippen LogP contribution in [0.1, 0.15) is 35.6 Å². The Balaban J connectivity index is 1.84. The summed E-state index contributed by atoms with van der Waals surface area (Å²) in [5, 5.41) is 10.3. The van der Waals surface area contributed by atoms with Crippen LogP contribution in [0, 0.1) is 11.3 Å². The Morgan fingerprint density at radius 2 is 1.43 bits per heavy atom. The fourth-order valence-electron chi connectivity index (χ4n) is 4.18. The first-order valence-electron chi connectivity index (χ1n) is 12.5. The van der Waals surface area contributed by atoms with Crippen molar-refractivity contribution < 1.29 is 4.74 Å². The molecule has 182 valence electrons. The Morgan fingerprint density at radius 1 is 0.857 bits per heavy atom. The van der Waals surface area contributed by atoms with E-state index in [2.05, 4.69) is 90.9 Å². The van der Waals surface area contributed by atoms with Gasteiger partial charge in [0.2, 0.25) is 0 Å². The van der Waals surface area contributed by atoms with Gasteiger partial charge in [0.15, 0.2) is 0 Å². The lowest BCUT2D eigenvalue weighted by Crippen LogP contribution is -2.38. The molecule has 4 heteroatoms. The molecule has 3 nitrogen and oxygen atoms in total. The summed E-state index contributed by atoms with van der Waals surface area (Å²) in [6.07, 6.45) is 4.10. The average Bonchev–Trinajstić information content (AvgIpc) is 2.86. The number of rotatable bonds is 13. The van der Waals surface area contributed by atoms with Gasteiger partial charge in [0, 0.05) is 19.2 Å². The lowest BCUT2D eigenvalue weighted by Gasteiger charge is -2.35. The topological polar surface area (TPSA) is 36.3 Å². The van der Waals surface area contributed by atoms with E-state index in [1.807, 2.05) is 42.5 Å². The van der Waals surface area contributed by atoms with Crippen molar-refractivity contribution in [3.05, 3.63) is 119 Å². The van der Waals surface area contributed by atoms with E-state index < -0.39 is 8.07 Å². The molecule has 35 heavy (non-hydrogen) atoms. The Labute approximate surface area is 212 Å². The summed E-state index contributed by atoms with van der Waals surface area (Å²) in [4.78, 5) is 2.37. The van der Waals surface area contributed by atoms with Gasteiger partial charge in [-0.25, -0.2) is 0 Å². The number of ether oxygens (including phenoxy) is 1. The summed E-state index contributed by atoms with van der Waals surface area (Å²) in [6.45, 7) is 9.04. The first-order valence-corrected chi connectivity index (χ1v) is 16.1. The summed E-state index contributed by atoms with van der Waals surface area (Å²) in [5.74, 6) is 0. The molecule has 0 aliphatic heterocycles. The third-order valence-corrected chi connectivity index (χ3v) is 7.21. The largest absolute Gasteiger partial charge is 0.377 e. The van der Waals surface area contributed by atoms with E-state index in [0.29, 0.717) is 13.2 Å². The molecule has 0 aliphatic rings. The van der Waals surface area contributed by atoms with Crippen molar-refractivity contribution in [2.75, 3.05) is 6.61 Å². The highest BCUT2D eigenvalue weighted by Crippen LogP contribution is 2.28. The van der Waals surface area contributed by atoms with Gasteiger partial charge in [0.05, 0.1) is 20.7 Å². The van der Waals surface area contributed by atoms with Crippen LogP contribution < -0.4 is 0 Å². The van der Waals surface area contributed by atoms with Crippen LogP contribution in [0.2, 0.25) is 19.6 Å². The Hall–Kier alpha value is -2.97. The van der Waals surface area contributed by atoms with E-state index in [4.69, 9.17) is 4.74 Å². The minimum atomic E-state index is -1.31. The van der Waals surface area contributed by atoms with Gasteiger partial charge in [-0.15, -0.1) is 0 Å². The smallest absolute Gasteiger partial charge is 0.124 e. The predicted octanol–water partition coefficient (Wildman–Crippen LogP) is 7.55. The molecule has 2 atom stereocenters. The zero-order chi connectivity index (χ0) is 24.9. The number of nitriles is 1. The summed E-state index contributed by atoms with van der Waals surface area (Å²) in [7, 11) is -1.31. The van der Waals surface area contributed by atoms with Gasteiger partial charge in [-0.3, -0.25) is 4.90 Å². The Morgan fingerprint density at radius 3 is 2.00 bits per heavy atom. The van der Waals surface area contributed by atoms with Gasteiger partial charge in [0.25, 0.3) is 0 Å². The van der Waals surface area contributed by atoms with Crippen molar-refractivity contribution in [2.45, 2.75) is 57.7 Å². The van der Waals surface area contributed by atoms with E-state index in [1.165, 1.54) is 11.1 Å². The first-order chi connectivity index (χ1) is 17.0. The summed E-state index contributed by atoms with van der Waals surface area (Å²) >= 11 is 0. The average molecular weight is 483 g/mol. The maximum absolute atomic E-state index is 10.3. The third-order valence-electron chi connectivity index (χ3n) is 5.98. The SMILES string of the molecule is C[Si](C)(C)/C=C\CC(CCOCc1ccccc1)N(Cc1ccccc1)C(C#N)c1ccccc1. The second-order valence-corrected chi connectivity index (χ2v) is 15.2. The Bertz CT molecular complexity index is 1060. The highest BCUT2D eigenvalue weighted by atomic mass is 28.3. The van der Waals surface area contributed by atoms with Crippen molar-refractivity contribution in [3.63, 3.8) is 0 Å². The molecule has 0 fully saturated rings. The van der Waals surface area contributed by atoms with Gasteiger partial charge in [-0.1, -0.05) is 122 Å². The lowest BCUT2D eigenvalue weighted by atomic mass is 9.99. The molecule has 0 radical (unpaired) electrons. The van der Waals surface area contributed by atoms with E-state index in [-0.39, 0.29) is 12.1 Å². The van der Waals surface area contributed by atoms with Crippen LogP contribution in [-0.2, 0) is 17.9 Å².